The number of unbranched alkanes of at least 4 members (excludes halogenated alkanes) is 3. The van der Waals surface area contributed by atoms with Crippen LogP contribution in [-0.2, 0) is 11.2 Å². The zero-order chi connectivity index (χ0) is 17.6. The first-order chi connectivity index (χ1) is 12.2. The highest BCUT2D eigenvalue weighted by Crippen LogP contribution is 2.35. The van der Waals surface area contributed by atoms with E-state index in [9.17, 15) is 0 Å². The smallest absolute Gasteiger partial charge is 0.224 e. The van der Waals surface area contributed by atoms with Crippen LogP contribution in [0, 0.1) is 0 Å². The van der Waals surface area contributed by atoms with Crippen molar-refractivity contribution in [3.8, 4) is 0 Å². The summed E-state index contributed by atoms with van der Waals surface area (Å²) in [7, 11) is 0. The third-order valence-corrected chi connectivity index (χ3v) is 5.14. The van der Waals surface area contributed by atoms with Crippen LogP contribution in [0.2, 0.25) is 5.28 Å². The van der Waals surface area contributed by atoms with E-state index in [0.29, 0.717) is 5.28 Å². The molecule has 0 unspecified atom stereocenters. The fourth-order valence-electron chi connectivity index (χ4n) is 3.57. The Labute approximate surface area is 155 Å². The molecule has 5 heteroatoms. The van der Waals surface area contributed by atoms with Crippen molar-refractivity contribution in [1.29, 1.82) is 0 Å². The molecule has 1 aliphatic heterocycles. The number of ether oxygens (including phenoxy) is 1. The molecule has 0 amide bonds. The average molecular weight is 362 g/mol. The summed E-state index contributed by atoms with van der Waals surface area (Å²) in [5, 5.41) is 0.336. The first-order valence-corrected chi connectivity index (χ1v) is 9.89. The van der Waals surface area contributed by atoms with Crippen molar-refractivity contribution in [2.45, 2.75) is 52.4 Å². The van der Waals surface area contributed by atoms with E-state index in [1.54, 1.807) is 0 Å². The highest BCUT2D eigenvalue weighted by Gasteiger charge is 2.25. The predicted molar refractivity (Wildman–Crippen MR) is 104 cm³/mol. The maximum atomic E-state index is 6.20. The van der Waals surface area contributed by atoms with Crippen molar-refractivity contribution in [2.75, 3.05) is 31.2 Å². The topological polar surface area (TPSA) is 38.2 Å². The number of aromatic nitrogens is 2. The van der Waals surface area contributed by atoms with Crippen molar-refractivity contribution >= 4 is 23.5 Å². The lowest BCUT2D eigenvalue weighted by Gasteiger charge is -2.29. The van der Waals surface area contributed by atoms with E-state index in [1.165, 1.54) is 36.0 Å². The number of nitrogens with zero attached hydrogens (tertiary/aromatic N) is 3. The minimum absolute atomic E-state index is 0.336. The first kappa shape index (κ1) is 18.4. The number of rotatable bonds is 7. The van der Waals surface area contributed by atoms with Crippen molar-refractivity contribution in [3.63, 3.8) is 0 Å². The van der Waals surface area contributed by atoms with E-state index < -0.39 is 0 Å². The van der Waals surface area contributed by atoms with E-state index in [0.717, 1.165) is 57.1 Å². The number of allylic oxidation sites excluding steroid dienone is 3. The summed E-state index contributed by atoms with van der Waals surface area (Å²) in [6.45, 7) is 7.70. The van der Waals surface area contributed by atoms with Gasteiger partial charge in [0.05, 0.1) is 18.9 Å². The number of hydrogen-bond acceptors (Lipinski definition) is 4. The van der Waals surface area contributed by atoms with Crippen LogP contribution in [-0.4, -0.2) is 36.3 Å². The molecule has 1 aromatic heterocycles. The molecular formula is C20H28ClN3O. The Hall–Kier alpha value is -1.39. The van der Waals surface area contributed by atoms with Crippen LogP contribution in [0.15, 0.2) is 17.2 Å². The number of morpholine rings is 1. The van der Waals surface area contributed by atoms with Crippen molar-refractivity contribution in [3.05, 3.63) is 33.8 Å². The number of halogens is 1. The van der Waals surface area contributed by atoms with Gasteiger partial charge < -0.3 is 9.64 Å². The maximum absolute atomic E-state index is 6.20. The van der Waals surface area contributed by atoms with Gasteiger partial charge in [0.15, 0.2) is 0 Å². The van der Waals surface area contributed by atoms with E-state index in [4.69, 9.17) is 16.3 Å². The second-order valence-corrected chi connectivity index (χ2v) is 7.04. The van der Waals surface area contributed by atoms with Gasteiger partial charge in [-0.3, -0.25) is 0 Å². The number of hydrogen-bond donors (Lipinski definition) is 0. The number of anilines is 1. The molecule has 136 valence electrons. The van der Waals surface area contributed by atoms with Gasteiger partial charge in [-0.05, 0) is 48.1 Å². The van der Waals surface area contributed by atoms with Gasteiger partial charge in [-0.1, -0.05) is 32.8 Å². The van der Waals surface area contributed by atoms with Crippen molar-refractivity contribution < 1.29 is 4.74 Å². The Bertz CT molecular complexity index is 663. The molecule has 0 spiro atoms. The highest BCUT2D eigenvalue weighted by atomic mass is 35.5. The molecule has 1 saturated heterocycles. The SMILES string of the molecule is CCCCC/C=C(\CC)C1=Cc2nc(Cl)nc(N3CCOCC3)c2C1. The van der Waals surface area contributed by atoms with Crippen LogP contribution in [0.3, 0.4) is 0 Å². The summed E-state index contributed by atoms with van der Waals surface area (Å²) in [6, 6.07) is 0. The minimum Gasteiger partial charge on any atom is -0.378 e. The Morgan fingerprint density at radius 2 is 2.04 bits per heavy atom. The quantitative estimate of drug-likeness (QED) is 0.515. The molecule has 4 nitrogen and oxygen atoms in total. The third-order valence-electron chi connectivity index (χ3n) is 4.97. The molecular weight excluding hydrogens is 334 g/mol. The molecule has 25 heavy (non-hydrogen) atoms. The summed E-state index contributed by atoms with van der Waals surface area (Å²) in [4.78, 5) is 11.3. The van der Waals surface area contributed by atoms with Gasteiger partial charge in [0.1, 0.15) is 5.82 Å². The molecule has 0 bridgehead atoms. The van der Waals surface area contributed by atoms with E-state index in [-0.39, 0.29) is 0 Å². The van der Waals surface area contributed by atoms with Gasteiger partial charge in [0.25, 0.3) is 0 Å². The Morgan fingerprint density at radius 3 is 2.76 bits per heavy atom. The monoisotopic (exact) mass is 361 g/mol. The molecule has 1 fully saturated rings. The second-order valence-electron chi connectivity index (χ2n) is 6.70. The summed E-state index contributed by atoms with van der Waals surface area (Å²) >= 11 is 6.20. The lowest BCUT2D eigenvalue weighted by Crippen LogP contribution is -2.37. The fourth-order valence-corrected chi connectivity index (χ4v) is 3.74. The van der Waals surface area contributed by atoms with Gasteiger partial charge in [0, 0.05) is 25.1 Å². The van der Waals surface area contributed by atoms with E-state index >= 15 is 0 Å². The highest BCUT2D eigenvalue weighted by molar-refractivity contribution is 6.28. The first-order valence-electron chi connectivity index (χ1n) is 9.52. The minimum atomic E-state index is 0.336. The van der Waals surface area contributed by atoms with Crippen LogP contribution in [0.25, 0.3) is 6.08 Å². The van der Waals surface area contributed by atoms with Gasteiger partial charge in [-0.15, -0.1) is 0 Å². The van der Waals surface area contributed by atoms with Gasteiger partial charge in [-0.2, -0.15) is 0 Å². The zero-order valence-corrected chi connectivity index (χ0v) is 16.1. The van der Waals surface area contributed by atoms with Gasteiger partial charge >= 0.3 is 0 Å². The van der Waals surface area contributed by atoms with Crippen LogP contribution in [0.1, 0.15) is 57.2 Å². The molecule has 0 aromatic carbocycles. The lowest BCUT2D eigenvalue weighted by atomic mass is 9.99. The largest absolute Gasteiger partial charge is 0.378 e. The molecule has 0 N–H and O–H groups in total. The summed E-state index contributed by atoms with van der Waals surface area (Å²) in [5.74, 6) is 0.992. The Morgan fingerprint density at radius 1 is 1.24 bits per heavy atom. The van der Waals surface area contributed by atoms with Crippen molar-refractivity contribution in [1.82, 2.24) is 9.97 Å². The lowest BCUT2D eigenvalue weighted by molar-refractivity contribution is 0.122. The summed E-state index contributed by atoms with van der Waals surface area (Å²) in [6.07, 6.45) is 11.6. The Balaban J connectivity index is 1.80. The molecule has 0 saturated carbocycles. The third kappa shape index (κ3) is 4.42. The van der Waals surface area contributed by atoms with Crippen LogP contribution in [0.5, 0.6) is 0 Å². The van der Waals surface area contributed by atoms with E-state index in [2.05, 4.69) is 40.9 Å². The average Bonchev–Trinajstić information content (AvgIpc) is 3.05. The number of fused-ring (bicyclic) bond motifs is 1. The Kier molecular flexibility index (Phi) is 6.49. The standard InChI is InChI=1S/C20H28ClN3O/c1-3-5-6-7-8-15(4-2)16-13-17-18(14-16)22-20(21)23-19(17)24-9-11-25-12-10-24/h8,14H,3-7,9-13H2,1-2H3/b15-8+. The molecule has 2 aliphatic rings. The summed E-state index contributed by atoms with van der Waals surface area (Å²) < 4.78 is 5.47. The normalized spacial score (nSPS) is 17.6. The molecule has 3 rings (SSSR count). The van der Waals surface area contributed by atoms with Gasteiger partial charge in [0.2, 0.25) is 5.28 Å². The molecule has 1 aromatic rings. The predicted octanol–water partition coefficient (Wildman–Crippen LogP) is 4.82. The maximum Gasteiger partial charge on any atom is 0.224 e. The fraction of sp³-hybridized carbons (Fsp3) is 0.600. The molecule has 2 heterocycles. The molecule has 0 radical (unpaired) electrons. The zero-order valence-electron chi connectivity index (χ0n) is 15.4. The molecule has 0 atom stereocenters. The van der Waals surface area contributed by atoms with Crippen LogP contribution in [0.4, 0.5) is 5.82 Å². The summed E-state index contributed by atoms with van der Waals surface area (Å²) in [5.41, 5.74) is 5.02. The van der Waals surface area contributed by atoms with Crippen LogP contribution < -0.4 is 4.90 Å². The van der Waals surface area contributed by atoms with Gasteiger partial charge in [-0.25, -0.2) is 9.97 Å². The molecule has 1 aliphatic carbocycles. The van der Waals surface area contributed by atoms with Crippen molar-refractivity contribution in [2.24, 2.45) is 0 Å². The van der Waals surface area contributed by atoms with E-state index in [1.807, 2.05) is 0 Å². The second kappa shape index (κ2) is 8.81. The van der Waals surface area contributed by atoms with Crippen LogP contribution >= 0.6 is 11.6 Å².